The molecular weight excluding hydrogens is 297 g/mol. The van der Waals surface area contributed by atoms with Gasteiger partial charge in [-0.05, 0) is 55.9 Å². The van der Waals surface area contributed by atoms with Crippen LogP contribution >= 0.6 is 0 Å². The number of anilines is 1. The van der Waals surface area contributed by atoms with Crippen molar-refractivity contribution in [3.8, 4) is 0 Å². The number of halogens is 1. The van der Waals surface area contributed by atoms with Gasteiger partial charge < -0.3 is 5.32 Å². The molecule has 1 aromatic carbocycles. The number of fused-ring (bicyclic) bond motifs is 1. The number of aromatic nitrogens is 2. The van der Waals surface area contributed by atoms with Crippen molar-refractivity contribution in [2.24, 2.45) is 0 Å². The fraction of sp³-hybridized carbons (Fsp3) is 0.353. The minimum Gasteiger partial charge on any atom is -0.324 e. The van der Waals surface area contributed by atoms with E-state index >= 15 is 0 Å². The average molecular weight is 315 g/mol. The molecule has 0 atom stereocenters. The predicted octanol–water partition coefficient (Wildman–Crippen LogP) is 2.21. The summed E-state index contributed by atoms with van der Waals surface area (Å²) in [5.74, 6) is -0.820. The Hall–Kier alpha value is -2.50. The topological polar surface area (TPSA) is 64.0 Å². The molecule has 23 heavy (non-hydrogen) atoms. The Morgan fingerprint density at radius 3 is 2.91 bits per heavy atom. The van der Waals surface area contributed by atoms with E-state index in [4.69, 9.17) is 0 Å². The van der Waals surface area contributed by atoms with Crippen LogP contribution in [0.2, 0.25) is 0 Å². The van der Waals surface area contributed by atoms with Crippen LogP contribution in [0.25, 0.3) is 0 Å². The lowest BCUT2D eigenvalue weighted by Crippen LogP contribution is -2.31. The molecule has 2 aromatic rings. The molecule has 5 nitrogen and oxygen atoms in total. The second-order valence-corrected chi connectivity index (χ2v) is 5.83. The normalized spacial score (nSPS) is 13.5. The van der Waals surface area contributed by atoms with Crippen LogP contribution in [-0.2, 0) is 24.2 Å². The number of rotatable bonds is 3. The van der Waals surface area contributed by atoms with E-state index in [-0.39, 0.29) is 12.1 Å². The van der Waals surface area contributed by atoms with Crippen LogP contribution in [0.5, 0.6) is 0 Å². The molecule has 6 heteroatoms. The maximum Gasteiger partial charge on any atom is 0.267 e. The number of carbonyl (C=O) groups is 1. The Balaban J connectivity index is 1.78. The molecule has 1 N–H and O–H groups in total. The first-order chi connectivity index (χ1) is 11.0. The molecule has 1 amide bonds. The van der Waals surface area contributed by atoms with E-state index in [0.717, 1.165) is 42.5 Å². The van der Waals surface area contributed by atoms with E-state index in [9.17, 15) is 14.0 Å². The molecule has 0 spiro atoms. The van der Waals surface area contributed by atoms with Crippen molar-refractivity contribution in [1.82, 2.24) is 9.78 Å². The first-order valence-corrected chi connectivity index (χ1v) is 7.69. The summed E-state index contributed by atoms with van der Waals surface area (Å²) in [5, 5.41) is 6.93. The fourth-order valence-electron chi connectivity index (χ4n) is 2.77. The molecule has 3 rings (SSSR count). The lowest BCUT2D eigenvalue weighted by Gasteiger charge is -2.16. The standard InChI is InChI=1S/C17H18FN3O2/c1-11-6-7-13(18)9-15(11)19-16(22)10-21-17(23)8-12-4-2-3-5-14(12)20-21/h6-9H,2-5,10H2,1H3,(H,19,22). The van der Waals surface area contributed by atoms with Gasteiger partial charge in [0.25, 0.3) is 5.56 Å². The van der Waals surface area contributed by atoms with Crippen LogP contribution in [-0.4, -0.2) is 15.7 Å². The minimum absolute atomic E-state index is 0.179. The number of hydrogen-bond acceptors (Lipinski definition) is 3. The Bertz CT molecular complexity index is 814. The van der Waals surface area contributed by atoms with Crippen LogP contribution in [0.4, 0.5) is 10.1 Å². The number of hydrogen-bond donors (Lipinski definition) is 1. The maximum absolute atomic E-state index is 13.3. The van der Waals surface area contributed by atoms with Gasteiger partial charge >= 0.3 is 0 Å². The van der Waals surface area contributed by atoms with E-state index in [2.05, 4.69) is 10.4 Å². The number of nitrogens with one attached hydrogen (secondary N) is 1. The SMILES string of the molecule is Cc1ccc(F)cc1NC(=O)Cn1nc2c(cc1=O)CCCC2. The van der Waals surface area contributed by atoms with Gasteiger partial charge in [-0.1, -0.05) is 6.07 Å². The first kappa shape index (κ1) is 15.4. The van der Waals surface area contributed by atoms with Crippen LogP contribution in [0.3, 0.4) is 0 Å². The van der Waals surface area contributed by atoms with Gasteiger partial charge in [0.2, 0.25) is 5.91 Å². The molecule has 1 heterocycles. The molecule has 0 fully saturated rings. The summed E-state index contributed by atoms with van der Waals surface area (Å²) in [4.78, 5) is 24.2. The van der Waals surface area contributed by atoms with Gasteiger partial charge in [0.05, 0.1) is 5.69 Å². The highest BCUT2D eigenvalue weighted by Crippen LogP contribution is 2.17. The molecule has 0 radical (unpaired) electrons. The Morgan fingerprint density at radius 2 is 2.09 bits per heavy atom. The van der Waals surface area contributed by atoms with E-state index in [1.54, 1.807) is 19.1 Å². The second kappa shape index (κ2) is 6.32. The molecular formula is C17H18FN3O2. The molecule has 0 unspecified atom stereocenters. The van der Waals surface area contributed by atoms with Gasteiger partial charge in [-0.3, -0.25) is 9.59 Å². The summed E-state index contributed by atoms with van der Waals surface area (Å²) in [6.45, 7) is 1.60. The largest absolute Gasteiger partial charge is 0.324 e. The molecule has 0 saturated heterocycles. The van der Waals surface area contributed by atoms with Gasteiger partial charge in [-0.2, -0.15) is 5.10 Å². The Kier molecular flexibility index (Phi) is 4.23. The number of carbonyl (C=O) groups excluding carboxylic acids is 1. The van der Waals surface area contributed by atoms with Crippen molar-refractivity contribution in [3.05, 3.63) is 57.3 Å². The average Bonchev–Trinajstić information content (AvgIpc) is 2.51. The zero-order valence-corrected chi connectivity index (χ0v) is 12.9. The second-order valence-electron chi connectivity index (χ2n) is 5.83. The summed E-state index contributed by atoms with van der Waals surface area (Å²) in [6, 6.07) is 5.76. The number of amides is 1. The van der Waals surface area contributed by atoms with Crippen molar-refractivity contribution in [2.45, 2.75) is 39.2 Å². The quantitative estimate of drug-likeness (QED) is 0.944. The zero-order chi connectivity index (χ0) is 16.4. The van der Waals surface area contributed by atoms with Crippen LogP contribution in [0, 0.1) is 12.7 Å². The van der Waals surface area contributed by atoms with E-state index in [0.29, 0.717) is 5.69 Å². The Labute approximate surface area is 133 Å². The molecule has 1 aliphatic rings. The monoisotopic (exact) mass is 315 g/mol. The van der Waals surface area contributed by atoms with E-state index in [1.807, 2.05) is 0 Å². The van der Waals surface area contributed by atoms with Gasteiger partial charge in [-0.25, -0.2) is 9.07 Å². The first-order valence-electron chi connectivity index (χ1n) is 7.69. The van der Waals surface area contributed by atoms with Gasteiger partial charge in [0, 0.05) is 11.8 Å². The minimum atomic E-state index is -0.421. The maximum atomic E-state index is 13.3. The summed E-state index contributed by atoms with van der Waals surface area (Å²) in [5.41, 5.74) is 2.76. The van der Waals surface area contributed by atoms with Crippen molar-refractivity contribution in [3.63, 3.8) is 0 Å². The molecule has 1 aromatic heterocycles. The summed E-state index contributed by atoms with van der Waals surface area (Å²) in [6.07, 6.45) is 3.82. The zero-order valence-electron chi connectivity index (χ0n) is 12.9. The van der Waals surface area contributed by atoms with Crippen molar-refractivity contribution in [2.75, 3.05) is 5.32 Å². The third-order valence-corrected chi connectivity index (χ3v) is 4.04. The smallest absolute Gasteiger partial charge is 0.267 e. The summed E-state index contributed by atoms with van der Waals surface area (Å²) < 4.78 is 14.4. The van der Waals surface area contributed by atoms with Crippen molar-refractivity contribution in [1.29, 1.82) is 0 Å². The lowest BCUT2D eigenvalue weighted by atomic mass is 9.97. The third kappa shape index (κ3) is 3.47. The highest BCUT2D eigenvalue weighted by molar-refractivity contribution is 5.91. The number of aryl methyl sites for hydroxylation is 3. The molecule has 0 saturated carbocycles. The number of nitrogens with zero attached hydrogens (tertiary/aromatic N) is 2. The van der Waals surface area contributed by atoms with Crippen LogP contribution in [0.1, 0.15) is 29.7 Å². The lowest BCUT2D eigenvalue weighted by molar-refractivity contribution is -0.117. The van der Waals surface area contributed by atoms with E-state index < -0.39 is 11.7 Å². The molecule has 0 bridgehead atoms. The fourth-order valence-corrected chi connectivity index (χ4v) is 2.77. The van der Waals surface area contributed by atoms with Crippen molar-refractivity contribution >= 4 is 11.6 Å². The van der Waals surface area contributed by atoms with Crippen molar-refractivity contribution < 1.29 is 9.18 Å². The third-order valence-electron chi connectivity index (χ3n) is 4.04. The molecule has 120 valence electrons. The van der Waals surface area contributed by atoms with Crippen LogP contribution < -0.4 is 10.9 Å². The summed E-state index contributed by atoms with van der Waals surface area (Å²) in [7, 11) is 0. The number of benzene rings is 1. The molecule has 0 aliphatic heterocycles. The predicted molar refractivity (Wildman–Crippen MR) is 84.9 cm³/mol. The summed E-state index contributed by atoms with van der Waals surface area (Å²) >= 11 is 0. The van der Waals surface area contributed by atoms with Gasteiger partial charge in [0.15, 0.2) is 0 Å². The van der Waals surface area contributed by atoms with Gasteiger partial charge in [-0.15, -0.1) is 0 Å². The highest BCUT2D eigenvalue weighted by atomic mass is 19.1. The van der Waals surface area contributed by atoms with E-state index in [1.165, 1.54) is 16.8 Å². The van der Waals surface area contributed by atoms with Gasteiger partial charge in [0.1, 0.15) is 12.4 Å². The Morgan fingerprint density at radius 1 is 1.30 bits per heavy atom. The van der Waals surface area contributed by atoms with Crippen LogP contribution in [0.15, 0.2) is 29.1 Å². The molecule has 1 aliphatic carbocycles. The highest BCUT2D eigenvalue weighted by Gasteiger charge is 2.15.